The van der Waals surface area contributed by atoms with Gasteiger partial charge in [-0.2, -0.15) is 0 Å². The van der Waals surface area contributed by atoms with E-state index >= 15 is 0 Å². The number of nitrogens with zero attached hydrogens (tertiary/aromatic N) is 1. The van der Waals surface area contributed by atoms with Crippen LogP contribution in [-0.2, 0) is 0 Å². The van der Waals surface area contributed by atoms with Gasteiger partial charge in [0.2, 0.25) is 0 Å². The molecule has 15 heavy (non-hydrogen) atoms. The number of aromatic nitrogens is 1. The first-order chi connectivity index (χ1) is 7.27. The third-order valence-corrected chi connectivity index (χ3v) is 2.84. The fourth-order valence-corrected chi connectivity index (χ4v) is 2.03. The molecule has 0 radical (unpaired) electrons. The van der Waals surface area contributed by atoms with E-state index in [4.69, 9.17) is 9.47 Å². The van der Waals surface area contributed by atoms with Gasteiger partial charge in [0.05, 0.1) is 14.2 Å². The second-order valence-electron chi connectivity index (χ2n) is 2.99. The van der Waals surface area contributed by atoms with Crippen molar-refractivity contribution in [1.82, 2.24) is 4.98 Å². The number of benzene rings is 1. The van der Waals surface area contributed by atoms with E-state index in [0.29, 0.717) is 11.5 Å². The van der Waals surface area contributed by atoms with Crippen LogP contribution < -0.4 is 9.47 Å². The quantitative estimate of drug-likeness (QED) is 0.838. The van der Waals surface area contributed by atoms with Crippen molar-refractivity contribution in [1.29, 1.82) is 0 Å². The molecule has 0 saturated carbocycles. The fourth-order valence-electron chi connectivity index (χ4n) is 1.50. The maximum absolute atomic E-state index is 5.30. The number of hydrogen-bond donors (Lipinski definition) is 0. The Morgan fingerprint density at radius 3 is 2.73 bits per heavy atom. The van der Waals surface area contributed by atoms with Crippen molar-refractivity contribution in [2.45, 2.75) is 0 Å². The molecule has 0 spiro atoms. The van der Waals surface area contributed by atoms with Crippen molar-refractivity contribution in [3.8, 4) is 11.5 Å². The minimum atomic E-state index is 0.663. The van der Waals surface area contributed by atoms with E-state index in [1.165, 1.54) is 0 Å². The van der Waals surface area contributed by atoms with Gasteiger partial charge in [0.1, 0.15) is 5.52 Å². The summed E-state index contributed by atoms with van der Waals surface area (Å²) >= 11 is 3.48. The van der Waals surface area contributed by atoms with Gasteiger partial charge in [0.25, 0.3) is 0 Å². The van der Waals surface area contributed by atoms with Gasteiger partial charge in [-0.15, -0.1) is 0 Å². The van der Waals surface area contributed by atoms with Crippen molar-refractivity contribution in [3.63, 3.8) is 0 Å². The molecule has 1 aromatic carbocycles. The van der Waals surface area contributed by atoms with Gasteiger partial charge >= 0.3 is 0 Å². The largest absolute Gasteiger partial charge is 0.493 e. The highest BCUT2D eigenvalue weighted by atomic mass is 79.9. The lowest BCUT2D eigenvalue weighted by Gasteiger charge is -2.10. The predicted octanol–water partition coefficient (Wildman–Crippen LogP) is 3.01. The van der Waals surface area contributed by atoms with Crippen LogP contribution in [0.4, 0.5) is 0 Å². The minimum Gasteiger partial charge on any atom is -0.493 e. The molecule has 0 aliphatic heterocycles. The maximum atomic E-state index is 5.30. The molecule has 0 fully saturated rings. The van der Waals surface area contributed by atoms with E-state index in [2.05, 4.69) is 20.9 Å². The highest BCUT2D eigenvalue weighted by Crippen LogP contribution is 2.38. The summed E-state index contributed by atoms with van der Waals surface area (Å²) in [4.78, 5) is 4.29. The molecule has 1 heterocycles. The SMILES string of the molecule is COc1cc(Br)c2cccnc2c1OC. The van der Waals surface area contributed by atoms with Gasteiger partial charge < -0.3 is 9.47 Å². The first-order valence-electron chi connectivity index (χ1n) is 4.43. The normalized spacial score (nSPS) is 10.3. The molecule has 2 rings (SSSR count). The van der Waals surface area contributed by atoms with Crippen LogP contribution in [0.5, 0.6) is 11.5 Å². The van der Waals surface area contributed by atoms with Crippen LogP contribution in [0.1, 0.15) is 0 Å². The first-order valence-corrected chi connectivity index (χ1v) is 5.22. The van der Waals surface area contributed by atoms with Gasteiger partial charge in [0, 0.05) is 16.1 Å². The van der Waals surface area contributed by atoms with Crippen molar-refractivity contribution in [2.75, 3.05) is 14.2 Å². The molecule has 0 amide bonds. The summed E-state index contributed by atoms with van der Waals surface area (Å²) in [6, 6.07) is 5.75. The minimum absolute atomic E-state index is 0.663. The van der Waals surface area contributed by atoms with Crippen LogP contribution in [-0.4, -0.2) is 19.2 Å². The third kappa shape index (κ3) is 1.65. The molecule has 1 aromatic heterocycles. The lowest BCUT2D eigenvalue weighted by Crippen LogP contribution is -1.93. The number of hydrogen-bond acceptors (Lipinski definition) is 3. The zero-order valence-corrected chi connectivity index (χ0v) is 10.0. The zero-order valence-electron chi connectivity index (χ0n) is 8.45. The Bertz CT molecular complexity index is 499. The van der Waals surface area contributed by atoms with E-state index < -0.39 is 0 Å². The van der Waals surface area contributed by atoms with Gasteiger partial charge in [-0.05, 0) is 34.1 Å². The molecular formula is C11H10BrNO2. The van der Waals surface area contributed by atoms with Crippen molar-refractivity contribution >= 4 is 26.8 Å². The standard InChI is InChI=1S/C11H10BrNO2/c1-14-9-6-8(12)7-4-3-5-13-10(7)11(9)15-2/h3-6H,1-2H3. The average Bonchev–Trinajstić information content (AvgIpc) is 2.29. The van der Waals surface area contributed by atoms with Crippen LogP contribution in [0.3, 0.4) is 0 Å². The average molecular weight is 268 g/mol. The molecule has 0 atom stereocenters. The second kappa shape index (κ2) is 4.06. The summed E-state index contributed by atoms with van der Waals surface area (Å²) in [6.07, 6.45) is 1.73. The predicted molar refractivity (Wildman–Crippen MR) is 62.5 cm³/mol. The Morgan fingerprint density at radius 1 is 1.27 bits per heavy atom. The Labute approximate surface area is 96.2 Å². The zero-order chi connectivity index (χ0) is 10.8. The van der Waals surface area contributed by atoms with Gasteiger partial charge in [-0.25, -0.2) is 0 Å². The van der Waals surface area contributed by atoms with E-state index in [1.807, 2.05) is 18.2 Å². The van der Waals surface area contributed by atoms with Crippen LogP contribution in [0.2, 0.25) is 0 Å². The van der Waals surface area contributed by atoms with E-state index in [9.17, 15) is 0 Å². The van der Waals surface area contributed by atoms with E-state index in [-0.39, 0.29) is 0 Å². The number of halogens is 1. The second-order valence-corrected chi connectivity index (χ2v) is 3.85. The lowest BCUT2D eigenvalue weighted by atomic mass is 10.2. The summed E-state index contributed by atoms with van der Waals surface area (Å²) in [5, 5.41) is 1.01. The topological polar surface area (TPSA) is 31.4 Å². The highest BCUT2D eigenvalue weighted by molar-refractivity contribution is 9.10. The van der Waals surface area contributed by atoms with Crippen molar-refractivity contribution < 1.29 is 9.47 Å². The number of pyridine rings is 1. The van der Waals surface area contributed by atoms with E-state index in [0.717, 1.165) is 15.4 Å². The summed E-state index contributed by atoms with van der Waals surface area (Å²) in [7, 11) is 3.22. The van der Waals surface area contributed by atoms with Crippen LogP contribution in [0, 0.1) is 0 Å². The molecule has 0 saturated heterocycles. The number of rotatable bonds is 2. The Hall–Kier alpha value is -1.29. The summed E-state index contributed by atoms with van der Waals surface area (Å²) in [5.74, 6) is 1.34. The van der Waals surface area contributed by atoms with Crippen molar-refractivity contribution in [2.24, 2.45) is 0 Å². The van der Waals surface area contributed by atoms with Gasteiger partial charge in [-0.3, -0.25) is 4.98 Å². The van der Waals surface area contributed by atoms with Crippen LogP contribution >= 0.6 is 15.9 Å². The fraction of sp³-hybridized carbons (Fsp3) is 0.182. The Morgan fingerprint density at radius 2 is 2.07 bits per heavy atom. The number of methoxy groups -OCH3 is 2. The monoisotopic (exact) mass is 267 g/mol. The molecular weight excluding hydrogens is 258 g/mol. The summed E-state index contributed by atoms with van der Waals surface area (Å²) in [6.45, 7) is 0. The number of ether oxygens (including phenoxy) is 2. The van der Waals surface area contributed by atoms with Gasteiger partial charge in [-0.1, -0.05) is 0 Å². The summed E-state index contributed by atoms with van der Waals surface area (Å²) in [5.41, 5.74) is 0.797. The highest BCUT2D eigenvalue weighted by Gasteiger charge is 2.12. The molecule has 0 bridgehead atoms. The van der Waals surface area contributed by atoms with Gasteiger partial charge in [0.15, 0.2) is 11.5 Å². The Balaban J connectivity index is 2.85. The molecule has 2 aromatic rings. The van der Waals surface area contributed by atoms with Crippen molar-refractivity contribution in [3.05, 3.63) is 28.9 Å². The summed E-state index contributed by atoms with van der Waals surface area (Å²) < 4.78 is 11.5. The van der Waals surface area contributed by atoms with E-state index in [1.54, 1.807) is 20.4 Å². The molecule has 78 valence electrons. The van der Waals surface area contributed by atoms with Crippen LogP contribution in [0.25, 0.3) is 10.9 Å². The lowest BCUT2D eigenvalue weighted by molar-refractivity contribution is 0.358. The number of fused-ring (bicyclic) bond motifs is 1. The molecule has 4 heteroatoms. The van der Waals surface area contributed by atoms with Crippen LogP contribution in [0.15, 0.2) is 28.9 Å². The molecule has 0 aliphatic carbocycles. The first kappa shape index (κ1) is 10.2. The third-order valence-electron chi connectivity index (χ3n) is 2.19. The molecule has 0 N–H and O–H groups in total. The molecule has 0 aliphatic rings. The Kier molecular flexibility index (Phi) is 2.77. The molecule has 0 unspecified atom stereocenters. The maximum Gasteiger partial charge on any atom is 0.187 e. The smallest absolute Gasteiger partial charge is 0.187 e. The molecule has 3 nitrogen and oxygen atoms in total.